The molecule has 0 aromatic heterocycles. The molecule has 0 radical (unpaired) electrons. The van der Waals surface area contributed by atoms with E-state index >= 15 is 0 Å². The van der Waals surface area contributed by atoms with E-state index in [0.717, 1.165) is 24.6 Å². The summed E-state index contributed by atoms with van der Waals surface area (Å²) in [4.78, 5) is 12.0. The van der Waals surface area contributed by atoms with Crippen LogP contribution in [0.4, 0.5) is 18.9 Å². The van der Waals surface area contributed by atoms with Gasteiger partial charge in [-0.3, -0.25) is 10.6 Å². The van der Waals surface area contributed by atoms with Gasteiger partial charge in [-0.05, 0) is 36.5 Å². The number of benzene rings is 1. The van der Waals surface area contributed by atoms with Gasteiger partial charge in [0.2, 0.25) is 0 Å². The maximum absolute atomic E-state index is 12.7. The predicted octanol–water partition coefficient (Wildman–Crippen LogP) is 2.38. The van der Waals surface area contributed by atoms with Crippen molar-refractivity contribution in [3.63, 3.8) is 0 Å². The third-order valence-electron chi connectivity index (χ3n) is 3.55. The summed E-state index contributed by atoms with van der Waals surface area (Å²) in [6.07, 6.45) is -3.46. The number of hydrazine groups is 1. The Morgan fingerprint density at radius 3 is 2.60 bits per heavy atom. The van der Waals surface area contributed by atoms with Gasteiger partial charge in [-0.15, -0.1) is 0 Å². The first-order chi connectivity index (χ1) is 9.32. The van der Waals surface area contributed by atoms with E-state index in [0.29, 0.717) is 18.4 Å². The Kier molecular flexibility index (Phi) is 3.89. The molecule has 2 unspecified atom stereocenters. The molecule has 7 heteroatoms. The van der Waals surface area contributed by atoms with Gasteiger partial charge >= 0.3 is 6.18 Å². The van der Waals surface area contributed by atoms with Crippen molar-refractivity contribution in [1.82, 2.24) is 5.32 Å². The fourth-order valence-electron chi connectivity index (χ4n) is 2.04. The number of alkyl halides is 3. The number of carbonyl (C=O) groups excluding carboxylic acids is 1. The van der Waals surface area contributed by atoms with Crippen molar-refractivity contribution in [3.05, 3.63) is 29.3 Å². The number of carbonyl (C=O) groups is 1. The van der Waals surface area contributed by atoms with Gasteiger partial charge in [0.25, 0.3) is 5.91 Å². The number of amides is 1. The minimum atomic E-state index is -4.49. The molecule has 1 aromatic rings. The molecule has 1 fully saturated rings. The first-order valence-electron chi connectivity index (χ1n) is 6.29. The molecule has 2 atom stereocenters. The lowest BCUT2D eigenvalue weighted by atomic mass is 10.1. The van der Waals surface area contributed by atoms with E-state index in [1.54, 1.807) is 0 Å². The van der Waals surface area contributed by atoms with Crippen molar-refractivity contribution in [1.29, 1.82) is 0 Å². The highest BCUT2D eigenvalue weighted by molar-refractivity contribution is 5.99. The van der Waals surface area contributed by atoms with E-state index in [-0.39, 0.29) is 11.3 Å². The van der Waals surface area contributed by atoms with Crippen molar-refractivity contribution in [3.8, 4) is 0 Å². The molecule has 4 N–H and O–H groups in total. The fourth-order valence-corrected chi connectivity index (χ4v) is 2.04. The minimum absolute atomic E-state index is 0.101. The normalized spacial score (nSPS) is 21.4. The zero-order valence-corrected chi connectivity index (χ0v) is 10.9. The third kappa shape index (κ3) is 3.22. The van der Waals surface area contributed by atoms with Gasteiger partial charge in [0.1, 0.15) is 0 Å². The Morgan fingerprint density at radius 1 is 1.45 bits per heavy atom. The highest BCUT2D eigenvalue weighted by Crippen LogP contribution is 2.37. The summed E-state index contributed by atoms with van der Waals surface area (Å²) in [5.74, 6) is 5.65. The summed E-state index contributed by atoms with van der Waals surface area (Å²) < 4.78 is 38.0. The van der Waals surface area contributed by atoms with Gasteiger partial charge in [-0.2, -0.15) is 13.2 Å². The van der Waals surface area contributed by atoms with Crippen LogP contribution >= 0.6 is 0 Å². The van der Waals surface area contributed by atoms with Gasteiger partial charge in [-0.25, -0.2) is 0 Å². The summed E-state index contributed by atoms with van der Waals surface area (Å²) in [6.45, 7) is 2.54. The molecule has 4 nitrogen and oxygen atoms in total. The summed E-state index contributed by atoms with van der Waals surface area (Å²) in [6, 6.07) is 2.84. The van der Waals surface area contributed by atoms with Crippen LogP contribution < -0.4 is 16.6 Å². The summed E-state index contributed by atoms with van der Waals surface area (Å²) in [5.41, 5.74) is 1.43. The van der Waals surface area contributed by atoms with Gasteiger partial charge < -0.3 is 10.7 Å². The summed E-state index contributed by atoms with van der Waals surface area (Å²) >= 11 is 0. The number of halogens is 3. The van der Waals surface area contributed by atoms with E-state index in [9.17, 15) is 18.0 Å². The molecule has 1 aromatic carbocycles. The molecule has 1 amide bonds. The van der Waals surface area contributed by atoms with Crippen molar-refractivity contribution < 1.29 is 18.0 Å². The topological polar surface area (TPSA) is 67.2 Å². The van der Waals surface area contributed by atoms with Crippen molar-refractivity contribution in [2.45, 2.75) is 19.5 Å². The molecule has 0 aliphatic heterocycles. The molecule has 20 heavy (non-hydrogen) atoms. The molecule has 0 saturated heterocycles. The van der Waals surface area contributed by atoms with E-state index in [1.165, 1.54) is 0 Å². The molecule has 1 saturated carbocycles. The monoisotopic (exact) mass is 287 g/mol. The van der Waals surface area contributed by atoms with Crippen LogP contribution in [0.5, 0.6) is 0 Å². The Balaban J connectivity index is 2.16. The number of hydrogen-bond acceptors (Lipinski definition) is 3. The van der Waals surface area contributed by atoms with Crippen LogP contribution in [0, 0.1) is 11.8 Å². The number of nitrogens with two attached hydrogens (primary N) is 1. The van der Waals surface area contributed by atoms with E-state index in [2.05, 4.69) is 17.7 Å². The Bertz CT molecular complexity index is 516. The smallest absolute Gasteiger partial charge is 0.352 e. The lowest BCUT2D eigenvalue weighted by Crippen LogP contribution is -2.28. The zero-order chi connectivity index (χ0) is 14.9. The van der Waals surface area contributed by atoms with Crippen LogP contribution in [-0.4, -0.2) is 12.5 Å². The lowest BCUT2D eigenvalue weighted by Gasteiger charge is -2.13. The quantitative estimate of drug-likeness (QED) is 0.588. The number of nitrogens with one attached hydrogen (secondary N) is 2. The third-order valence-corrected chi connectivity index (χ3v) is 3.55. The van der Waals surface area contributed by atoms with E-state index in [4.69, 9.17) is 5.84 Å². The van der Waals surface area contributed by atoms with Gasteiger partial charge in [-0.1, -0.05) is 6.92 Å². The largest absolute Gasteiger partial charge is 0.416 e. The summed E-state index contributed by atoms with van der Waals surface area (Å²) in [7, 11) is 0. The first kappa shape index (κ1) is 14.6. The average molecular weight is 287 g/mol. The standard InChI is InChI=1S/C13H16F3N3O/c1-7-4-8(7)6-18-12(20)10-5-9(13(14,15)16)2-3-11(10)19-17/h2-3,5,7-8,19H,4,6,17H2,1H3,(H,18,20). The number of rotatable bonds is 4. The SMILES string of the molecule is CC1CC1CNC(=O)c1cc(C(F)(F)F)ccc1NN. The van der Waals surface area contributed by atoms with Gasteiger partial charge in [0, 0.05) is 6.54 Å². The van der Waals surface area contributed by atoms with Crippen LogP contribution in [0.2, 0.25) is 0 Å². The molecule has 1 aliphatic carbocycles. The maximum atomic E-state index is 12.7. The molecule has 2 rings (SSSR count). The highest BCUT2D eigenvalue weighted by Gasteiger charge is 2.34. The molecule has 1 aliphatic rings. The lowest BCUT2D eigenvalue weighted by molar-refractivity contribution is -0.137. The van der Waals surface area contributed by atoms with Crippen LogP contribution in [0.15, 0.2) is 18.2 Å². The molecular formula is C13H16F3N3O. The van der Waals surface area contributed by atoms with Crippen molar-refractivity contribution in [2.24, 2.45) is 17.7 Å². The van der Waals surface area contributed by atoms with Crippen molar-refractivity contribution >= 4 is 11.6 Å². The van der Waals surface area contributed by atoms with Crippen molar-refractivity contribution in [2.75, 3.05) is 12.0 Å². The zero-order valence-electron chi connectivity index (χ0n) is 10.9. The Hall–Kier alpha value is -1.76. The second-order valence-corrected chi connectivity index (χ2v) is 5.09. The van der Waals surface area contributed by atoms with Crippen LogP contribution in [0.25, 0.3) is 0 Å². The maximum Gasteiger partial charge on any atom is 0.416 e. The first-order valence-corrected chi connectivity index (χ1v) is 6.29. The second-order valence-electron chi connectivity index (χ2n) is 5.09. The molecule has 0 bridgehead atoms. The predicted molar refractivity (Wildman–Crippen MR) is 68.9 cm³/mol. The second kappa shape index (κ2) is 5.32. The van der Waals surface area contributed by atoms with E-state index < -0.39 is 17.6 Å². The molecular weight excluding hydrogens is 271 g/mol. The van der Waals surface area contributed by atoms with Gasteiger partial charge in [0.15, 0.2) is 0 Å². The average Bonchev–Trinajstić information content (AvgIpc) is 3.10. The Labute approximate surface area is 114 Å². The molecule has 0 heterocycles. The molecule has 0 spiro atoms. The highest BCUT2D eigenvalue weighted by atomic mass is 19.4. The van der Waals surface area contributed by atoms with E-state index in [1.807, 2.05) is 0 Å². The molecule has 110 valence electrons. The van der Waals surface area contributed by atoms with Crippen LogP contribution in [0.3, 0.4) is 0 Å². The number of nitrogen functional groups attached to an aromatic ring is 1. The van der Waals surface area contributed by atoms with Gasteiger partial charge in [0.05, 0.1) is 16.8 Å². The number of anilines is 1. The fraction of sp³-hybridized carbons (Fsp3) is 0.462. The Morgan fingerprint density at radius 2 is 2.10 bits per heavy atom. The number of hydrogen-bond donors (Lipinski definition) is 3. The van der Waals surface area contributed by atoms with Crippen LogP contribution in [-0.2, 0) is 6.18 Å². The van der Waals surface area contributed by atoms with Crippen LogP contribution in [0.1, 0.15) is 29.3 Å². The minimum Gasteiger partial charge on any atom is -0.352 e. The summed E-state index contributed by atoms with van der Waals surface area (Å²) in [5, 5.41) is 2.64.